The van der Waals surface area contributed by atoms with Crippen LogP contribution in [0.1, 0.15) is 92.4 Å². The number of fused-ring (bicyclic) bond motifs is 5. The second-order valence-corrected chi connectivity index (χ2v) is 12.2. The van der Waals surface area contributed by atoms with E-state index in [-0.39, 0.29) is 46.6 Å². The molecule has 2 N–H and O–H groups in total. The molecule has 0 bridgehead atoms. The number of nitrogens with zero attached hydrogens (tertiary/aromatic N) is 1. The van der Waals surface area contributed by atoms with Crippen molar-refractivity contribution in [2.45, 2.75) is 105 Å². The lowest BCUT2D eigenvalue weighted by Crippen LogP contribution is -2.51. The highest BCUT2D eigenvalue weighted by Crippen LogP contribution is 2.67. The van der Waals surface area contributed by atoms with Crippen LogP contribution in [0, 0.1) is 40.4 Å². The van der Waals surface area contributed by atoms with Crippen LogP contribution in [0.3, 0.4) is 0 Å². The molecule has 0 radical (unpaired) electrons. The van der Waals surface area contributed by atoms with E-state index in [1.807, 2.05) is 6.92 Å². The average molecular weight is 474 g/mol. The first-order valence-corrected chi connectivity index (χ1v) is 13.3. The summed E-state index contributed by atoms with van der Waals surface area (Å²) in [6.45, 7) is 9.97. The van der Waals surface area contributed by atoms with Crippen LogP contribution < -0.4 is 0 Å². The van der Waals surface area contributed by atoms with Crippen LogP contribution >= 0.6 is 0 Å². The monoisotopic (exact) mass is 473 g/mol. The molecule has 4 aliphatic rings. The second kappa shape index (κ2) is 9.40. The molecule has 0 aliphatic heterocycles. The zero-order chi connectivity index (χ0) is 24.8. The summed E-state index contributed by atoms with van der Waals surface area (Å²) in [4.78, 5) is 25.3. The third-order valence-corrected chi connectivity index (χ3v) is 10.4. The first-order valence-electron chi connectivity index (χ1n) is 13.3. The van der Waals surface area contributed by atoms with Gasteiger partial charge in [0.05, 0.1) is 11.8 Å². The maximum atomic E-state index is 13.2. The van der Waals surface area contributed by atoms with Gasteiger partial charge in [0.25, 0.3) is 0 Å². The van der Waals surface area contributed by atoms with E-state index in [2.05, 4.69) is 25.1 Å². The van der Waals surface area contributed by atoms with Gasteiger partial charge >= 0.3 is 5.97 Å². The molecule has 0 aromatic carbocycles. The van der Waals surface area contributed by atoms with Gasteiger partial charge in [-0.25, -0.2) is 0 Å². The number of rotatable bonds is 6. The fourth-order valence-corrected chi connectivity index (χ4v) is 8.68. The Kier molecular flexibility index (Phi) is 7.03. The van der Waals surface area contributed by atoms with Gasteiger partial charge in [0, 0.05) is 25.2 Å². The van der Waals surface area contributed by atoms with Crippen molar-refractivity contribution in [2.24, 2.45) is 45.6 Å². The van der Waals surface area contributed by atoms with Crippen molar-refractivity contribution in [1.29, 1.82) is 0 Å². The van der Waals surface area contributed by atoms with Gasteiger partial charge in [-0.2, -0.15) is 0 Å². The van der Waals surface area contributed by atoms with E-state index in [4.69, 9.17) is 9.94 Å². The summed E-state index contributed by atoms with van der Waals surface area (Å²) in [5.74, 6) is 1.22. The Labute approximate surface area is 204 Å². The van der Waals surface area contributed by atoms with Gasteiger partial charge in [0.15, 0.2) is 0 Å². The van der Waals surface area contributed by atoms with Crippen LogP contribution in [0.2, 0.25) is 0 Å². The number of carbonyl (C=O) groups is 2. The predicted octanol–water partition coefficient (Wildman–Crippen LogP) is 5.30. The summed E-state index contributed by atoms with van der Waals surface area (Å²) in [5.41, 5.74) is 2.11. The van der Waals surface area contributed by atoms with Crippen LogP contribution in [0.4, 0.5) is 0 Å². The molecule has 6 nitrogen and oxygen atoms in total. The molecular weight excluding hydrogens is 430 g/mol. The van der Waals surface area contributed by atoms with Crippen molar-refractivity contribution in [3.8, 4) is 0 Å². The van der Waals surface area contributed by atoms with E-state index in [1.54, 1.807) is 6.92 Å². The minimum atomic E-state index is -0.268. The fraction of sp³-hybridized carbons (Fsp3) is 0.821. The number of ether oxygens (including phenoxy) is 1. The van der Waals surface area contributed by atoms with E-state index < -0.39 is 0 Å². The molecule has 190 valence electrons. The molecule has 9 atom stereocenters. The van der Waals surface area contributed by atoms with Gasteiger partial charge in [0.2, 0.25) is 0 Å². The van der Waals surface area contributed by atoms with E-state index >= 15 is 0 Å². The van der Waals surface area contributed by atoms with Crippen molar-refractivity contribution in [3.05, 3.63) is 11.6 Å². The van der Waals surface area contributed by atoms with E-state index in [0.717, 1.165) is 44.9 Å². The van der Waals surface area contributed by atoms with E-state index in [1.165, 1.54) is 12.5 Å². The minimum Gasteiger partial charge on any atom is -0.462 e. The number of aliphatic hydroxyl groups excluding tert-OH is 1. The Balaban J connectivity index is 1.62. The molecule has 34 heavy (non-hydrogen) atoms. The summed E-state index contributed by atoms with van der Waals surface area (Å²) in [6.07, 6.45) is 9.52. The van der Waals surface area contributed by atoms with Crippen LogP contribution in [0.15, 0.2) is 16.8 Å². The normalized spacial score (nSPS) is 42.6. The number of hydrogen-bond acceptors (Lipinski definition) is 6. The first-order chi connectivity index (χ1) is 16.0. The van der Waals surface area contributed by atoms with Crippen LogP contribution in [0.5, 0.6) is 0 Å². The van der Waals surface area contributed by atoms with Crippen LogP contribution in [0.25, 0.3) is 0 Å². The zero-order valence-electron chi connectivity index (χ0n) is 21.5. The maximum absolute atomic E-state index is 13.2. The number of oxime groups is 1. The van der Waals surface area contributed by atoms with Gasteiger partial charge in [-0.15, -0.1) is 0 Å². The third-order valence-electron chi connectivity index (χ3n) is 10.4. The predicted molar refractivity (Wildman–Crippen MR) is 130 cm³/mol. The van der Waals surface area contributed by atoms with Gasteiger partial charge in [-0.1, -0.05) is 37.6 Å². The highest BCUT2D eigenvalue weighted by atomic mass is 16.5. The van der Waals surface area contributed by atoms with Crippen molar-refractivity contribution in [2.75, 3.05) is 0 Å². The van der Waals surface area contributed by atoms with Crippen LogP contribution in [-0.4, -0.2) is 40.0 Å². The lowest BCUT2D eigenvalue weighted by atomic mass is 9.47. The standard InChI is InChI=1S/C28H43NO5/c1-16(29-33)6-9-24(32)17(2)26-25(34-18(3)30)15-23-21-8-7-19-14-20(31)10-12-27(19,4)22(21)11-13-28(23,26)5/h7,17,20-23,25-26,31,33H,6,8-15H2,1-5H3/b29-16+/t17-,20+,21-,22+,23+,25+,26+,27+,28+/m1/s1. The lowest BCUT2D eigenvalue weighted by molar-refractivity contribution is -0.152. The molecule has 0 saturated heterocycles. The topological polar surface area (TPSA) is 96.2 Å². The highest BCUT2D eigenvalue weighted by molar-refractivity contribution is 5.88. The Morgan fingerprint density at radius 3 is 2.59 bits per heavy atom. The molecule has 0 unspecified atom stereocenters. The number of carbonyl (C=O) groups excluding carboxylic acids is 2. The molecule has 3 saturated carbocycles. The van der Waals surface area contributed by atoms with Crippen molar-refractivity contribution >= 4 is 17.5 Å². The lowest BCUT2D eigenvalue weighted by Gasteiger charge is -2.58. The van der Waals surface area contributed by atoms with Crippen molar-refractivity contribution in [3.63, 3.8) is 0 Å². The minimum absolute atomic E-state index is 0.00702. The van der Waals surface area contributed by atoms with Crippen molar-refractivity contribution in [1.82, 2.24) is 0 Å². The number of hydrogen-bond donors (Lipinski definition) is 2. The van der Waals surface area contributed by atoms with E-state index in [0.29, 0.717) is 36.3 Å². The number of allylic oxidation sites excluding steroid dienone is 1. The summed E-state index contributed by atoms with van der Waals surface area (Å²) in [6, 6.07) is 0. The Morgan fingerprint density at radius 2 is 1.91 bits per heavy atom. The highest BCUT2D eigenvalue weighted by Gasteiger charge is 2.63. The molecule has 6 heteroatoms. The summed E-state index contributed by atoms with van der Waals surface area (Å²) < 4.78 is 5.92. The molecule has 0 aromatic heterocycles. The van der Waals surface area contributed by atoms with Crippen LogP contribution in [-0.2, 0) is 14.3 Å². The Hall–Kier alpha value is -1.69. The molecule has 0 amide bonds. The third kappa shape index (κ3) is 4.25. The summed E-state index contributed by atoms with van der Waals surface area (Å²) in [5, 5.41) is 22.4. The molecule has 3 fully saturated rings. The quantitative estimate of drug-likeness (QED) is 0.179. The van der Waals surface area contributed by atoms with Gasteiger partial charge in [-0.3, -0.25) is 9.59 Å². The summed E-state index contributed by atoms with van der Waals surface area (Å²) >= 11 is 0. The molecule has 4 aliphatic carbocycles. The molecule has 0 heterocycles. The largest absolute Gasteiger partial charge is 0.462 e. The van der Waals surface area contributed by atoms with Gasteiger partial charge in [0.1, 0.15) is 11.9 Å². The number of aliphatic hydroxyl groups is 1. The second-order valence-electron chi connectivity index (χ2n) is 12.2. The molecule has 0 aromatic rings. The smallest absolute Gasteiger partial charge is 0.302 e. The van der Waals surface area contributed by atoms with Crippen molar-refractivity contribution < 1.29 is 24.6 Å². The Morgan fingerprint density at radius 1 is 1.18 bits per heavy atom. The average Bonchev–Trinajstić information content (AvgIpc) is 3.08. The first kappa shape index (κ1) is 25.4. The number of esters is 1. The van der Waals surface area contributed by atoms with Gasteiger partial charge in [-0.05, 0) is 86.9 Å². The Bertz CT molecular complexity index is 880. The number of Topliss-reactive ketones (excluding diaryl/α,β-unsaturated/α-hetero) is 1. The molecule has 0 spiro atoms. The SMILES string of the molecule is CC(=O)O[C@H]1C[C@H]2[C@@H]3CC=C4C[C@@H](O)CC[C@]4(C)[C@H]3CC[C@]2(C)[C@H]1[C@H](C)C(=O)CC/C(C)=N/O. The molecule has 4 rings (SSSR count). The van der Waals surface area contributed by atoms with E-state index in [9.17, 15) is 14.7 Å². The fourth-order valence-electron chi connectivity index (χ4n) is 8.68. The zero-order valence-corrected chi connectivity index (χ0v) is 21.5. The maximum Gasteiger partial charge on any atom is 0.302 e. The number of ketones is 1. The van der Waals surface area contributed by atoms with Gasteiger partial charge < -0.3 is 15.1 Å². The molecular formula is C28H43NO5. The summed E-state index contributed by atoms with van der Waals surface area (Å²) in [7, 11) is 0.